The number of nitrogens with zero attached hydrogens (tertiary/aromatic N) is 2. The third kappa shape index (κ3) is 3.69. The summed E-state index contributed by atoms with van der Waals surface area (Å²) in [5.41, 5.74) is 0.209. The molecule has 2 heterocycles. The van der Waals surface area contributed by atoms with Crippen LogP contribution in [0.3, 0.4) is 0 Å². The molecule has 1 saturated heterocycles. The number of carboxylic acid groups (broad SMARTS) is 1. The molecule has 0 aliphatic carbocycles. The number of benzene rings is 1. The van der Waals surface area contributed by atoms with Crippen LogP contribution in [-0.2, 0) is 16.1 Å². The first kappa shape index (κ1) is 18.6. The molecule has 1 aliphatic heterocycles. The number of carboxylic acids is 1. The molecular weight excluding hydrogens is 355 g/mol. The summed E-state index contributed by atoms with van der Waals surface area (Å²) in [7, 11) is 1.55. The summed E-state index contributed by atoms with van der Waals surface area (Å²) in [5.74, 6) is -2.20. The quantitative estimate of drug-likeness (QED) is 0.868. The average Bonchev–Trinajstić information content (AvgIpc) is 3.17. The Morgan fingerprint density at radius 3 is 2.70 bits per heavy atom. The van der Waals surface area contributed by atoms with Gasteiger partial charge in [0.1, 0.15) is 22.9 Å². The van der Waals surface area contributed by atoms with Crippen molar-refractivity contribution in [3.63, 3.8) is 0 Å². The molecule has 142 valence electrons. The molecular formula is C19H19FN2O5. The summed E-state index contributed by atoms with van der Waals surface area (Å²) < 4.78 is 19.3. The van der Waals surface area contributed by atoms with E-state index in [1.165, 1.54) is 41.0 Å². The van der Waals surface area contributed by atoms with Crippen molar-refractivity contribution < 1.29 is 28.3 Å². The second kappa shape index (κ2) is 7.22. The fourth-order valence-electron chi connectivity index (χ4n) is 3.23. The zero-order valence-corrected chi connectivity index (χ0v) is 14.9. The van der Waals surface area contributed by atoms with Crippen molar-refractivity contribution in [3.05, 3.63) is 53.2 Å². The lowest BCUT2D eigenvalue weighted by Crippen LogP contribution is -2.34. The van der Waals surface area contributed by atoms with E-state index in [0.717, 1.165) is 0 Å². The number of amides is 2. The molecule has 3 rings (SSSR count). The van der Waals surface area contributed by atoms with Crippen LogP contribution in [0, 0.1) is 18.7 Å². The van der Waals surface area contributed by atoms with Crippen molar-refractivity contribution >= 4 is 23.5 Å². The molecule has 1 aromatic heterocycles. The molecule has 1 unspecified atom stereocenters. The number of carbonyl (C=O) groups excluding carboxylic acids is 2. The predicted octanol–water partition coefficient (Wildman–Crippen LogP) is 2.44. The van der Waals surface area contributed by atoms with Gasteiger partial charge in [0.25, 0.3) is 0 Å². The highest BCUT2D eigenvalue weighted by Gasteiger charge is 2.37. The summed E-state index contributed by atoms with van der Waals surface area (Å²) in [4.78, 5) is 38.7. The molecule has 0 saturated carbocycles. The topological polar surface area (TPSA) is 91.1 Å². The van der Waals surface area contributed by atoms with Crippen molar-refractivity contribution in [1.82, 2.24) is 4.90 Å². The first-order chi connectivity index (χ1) is 12.8. The van der Waals surface area contributed by atoms with E-state index < -0.39 is 17.7 Å². The summed E-state index contributed by atoms with van der Waals surface area (Å²) >= 11 is 0. The molecule has 1 N–H and O–H groups in total. The first-order valence-corrected chi connectivity index (χ1v) is 8.40. The number of aromatic carboxylic acids is 1. The van der Waals surface area contributed by atoms with Crippen molar-refractivity contribution in [1.29, 1.82) is 0 Å². The molecule has 7 nitrogen and oxygen atoms in total. The highest BCUT2D eigenvalue weighted by molar-refractivity contribution is 6.00. The summed E-state index contributed by atoms with van der Waals surface area (Å²) in [6.07, 6.45) is -0.00489. The summed E-state index contributed by atoms with van der Waals surface area (Å²) in [6, 6.07) is 7.32. The minimum atomic E-state index is -1.10. The van der Waals surface area contributed by atoms with E-state index in [-0.39, 0.29) is 48.3 Å². The molecule has 0 radical (unpaired) electrons. The van der Waals surface area contributed by atoms with Crippen LogP contribution in [0.5, 0.6) is 0 Å². The average molecular weight is 374 g/mol. The molecule has 2 amide bonds. The van der Waals surface area contributed by atoms with Gasteiger partial charge in [-0.1, -0.05) is 12.1 Å². The number of carbonyl (C=O) groups is 3. The van der Waals surface area contributed by atoms with Crippen LogP contribution in [0.2, 0.25) is 0 Å². The molecule has 1 fully saturated rings. The Balaban J connectivity index is 1.69. The zero-order valence-electron chi connectivity index (χ0n) is 14.9. The van der Waals surface area contributed by atoms with E-state index >= 15 is 0 Å². The Labute approximate surface area is 155 Å². The Morgan fingerprint density at radius 1 is 1.37 bits per heavy atom. The lowest BCUT2D eigenvalue weighted by molar-refractivity contribution is -0.135. The fourth-order valence-corrected chi connectivity index (χ4v) is 3.23. The third-order valence-electron chi connectivity index (χ3n) is 4.59. The minimum Gasteiger partial charge on any atom is -0.478 e. The van der Waals surface area contributed by atoms with Crippen LogP contribution in [0.1, 0.15) is 28.3 Å². The van der Waals surface area contributed by atoms with Crippen LogP contribution in [-0.4, -0.2) is 41.4 Å². The van der Waals surface area contributed by atoms with Gasteiger partial charge in [0.05, 0.1) is 18.2 Å². The lowest BCUT2D eigenvalue weighted by Gasteiger charge is -2.21. The predicted molar refractivity (Wildman–Crippen MR) is 93.7 cm³/mol. The van der Waals surface area contributed by atoms with Crippen LogP contribution in [0.4, 0.5) is 10.1 Å². The largest absolute Gasteiger partial charge is 0.478 e. The smallest absolute Gasteiger partial charge is 0.339 e. The maximum atomic E-state index is 13.9. The van der Waals surface area contributed by atoms with Gasteiger partial charge in [-0.05, 0) is 25.1 Å². The van der Waals surface area contributed by atoms with Crippen LogP contribution in [0.15, 0.2) is 34.7 Å². The molecule has 0 bridgehead atoms. The second-order valence-corrected chi connectivity index (χ2v) is 6.54. The standard InChI is InChI=1S/C19H19FN2O5/c1-11-14(19(25)26)8-13(27-11)10-21(2)18(24)12-7-17(23)22(9-12)16-6-4-3-5-15(16)20/h3-6,8,12H,7,9-10H2,1-2H3,(H,25,26). The summed E-state index contributed by atoms with van der Waals surface area (Å²) in [5, 5.41) is 9.07. The van der Waals surface area contributed by atoms with Gasteiger partial charge in [0.15, 0.2) is 0 Å². The molecule has 0 spiro atoms. The number of rotatable bonds is 5. The van der Waals surface area contributed by atoms with Crippen molar-refractivity contribution in [2.75, 3.05) is 18.5 Å². The van der Waals surface area contributed by atoms with Gasteiger partial charge in [-0.25, -0.2) is 9.18 Å². The Hall–Kier alpha value is -3.16. The molecule has 1 aliphatic rings. The van der Waals surface area contributed by atoms with Crippen LogP contribution in [0.25, 0.3) is 0 Å². The van der Waals surface area contributed by atoms with Gasteiger partial charge >= 0.3 is 5.97 Å². The monoisotopic (exact) mass is 374 g/mol. The van der Waals surface area contributed by atoms with Gasteiger partial charge < -0.3 is 19.3 Å². The number of halogens is 1. The maximum absolute atomic E-state index is 13.9. The molecule has 2 aromatic rings. The van der Waals surface area contributed by atoms with E-state index in [0.29, 0.717) is 5.76 Å². The van der Waals surface area contributed by atoms with E-state index in [9.17, 15) is 18.8 Å². The van der Waals surface area contributed by atoms with Gasteiger partial charge in [0.2, 0.25) is 11.8 Å². The summed E-state index contributed by atoms with van der Waals surface area (Å²) in [6.45, 7) is 1.72. The highest BCUT2D eigenvalue weighted by Crippen LogP contribution is 2.28. The second-order valence-electron chi connectivity index (χ2n) is 6.54. The number of hydrogen-bond acceptors (Lipinski definition) is 4. The zero-order chi connectivity index (χ0) is 19.7. The first-order valence-electron chi connectivity index (χ1n) is 8.40. The lowest BCUT2D eigenvalue weighted by atomic mass is 10.1. The van der Waals surface area contributed by atoms with Crippen LogP contribution < -0.4 is 4.90 Å². The third-order valence-corrected chi connectivity index (χ3v) is 4.59. The van der Waals surface area contributed by atoms with E-state index in [4.69, 9.17) is 9.52 Å². The Bertz CT molecular complexity index is 907. The van der Waals surface area contributed by atoms with Crippen molar-refractivity contribution in [2.45, 2.75) is 19.9 Å². The fraction of sp³-hybridized carbons (Fsp3) is 0.316. The number of hydrogen-bond donors (Lipinski definition) is 1. The molecule has 8 heteroatoms. The Morgan fingerprint density at radius 2 is 2.07 bits per heavy atom. The number of aryl methyl sites for hydroxylation is 1. The van der Waals surface area contributed by atoms with Gasteiger partial charge in [-0.15, -0.1) is 0 Å². The number of para-hydroxylation sites is 1. The number of furan rings is 1. The normalized spacial score (nSPS) is 16.6. The van der Waals surface area contributed by atoms with E-state index in [1.54, 1.807) is 13.1 Å². The van der Waals surface area contributed by atoms with E-state index in [2.05, 4.69) is 0 Å². The molecule has 1 atom stereocenters. The molecule has 1 aromatic carbocycles. The van der Waals surface area contributed by atoms with Crippen LogP contribution >= 0.6 is 0 Å². The molecule has 27 heavy (non-hydrogen) atoms. The van der Waals surface area contributed by atoms with Gasteiger partial charge in [0, 0.05) is 20.0 Å². The highest BCUT2D eigenvalue weighted by atomic mass is 19.1. The minimum absolute atomic E-state index is 0.00489. The van der Waals surface area contributed by atoms with Gasteiger partial charge in [-0.2, -0.15) is 0 Å². The number of anilines is 1. The maximum Gasteiger partial charge on any atom is 0.339 e. The van der Waals surface area contributed by atoms with E-state index in [1.807, 2.05) is 0 Å². The Kier molecular flexibility index (Phi) is 4.98. The van der Waals surface area contributed by atoms with Crippen molar-refractivity contribution in [2.24, 2.45) is 5.92 Å². The van der Waals surface area contributed by atoms with Crippen molar-refractivity contribution in [3.8, 4) is 0 Å². The SMILES string of the molecule is Cc1oc(CN(C)C(=O)C2CC(=O)N(c3ccccc3F)C2)cc1C(=O)O. The van der Waals surface area contributed by atoms with Gasteiger partial charge in [-0.3, -0.25) is 9.59 Å².